The number of carbonyl (C=O) groups is 2. The number of hydrogen-bond acceptors (Lipinski definition) is 6. The molecule has 1 aromatic rings. The molecular weight excluding hydrogens is 302 g/mol. The molecule has 0 saturated heterocycles. The number of carbonyl (C=O) groups excluding carboxylic acids is 2. The summed E-state index contributed by atoms with van der Waals surface area (Å²) in [6, 6.07) is 5.06. The van der Waals surface area contributed by atoms with E-state index in [1.54, 1.807) is 32.2 Å². The Morgan fingerprint density at radius 2 is 1.87 bits per heavy atom. The van der Waals surface area contributed by atoms with Gasteiger partial charge in [0, 0.05) is 18.9 Å². The Hall–Kier alpha value is -2.61. The van der Waals surface area contributed by atoms with Gasteiger partial charge in [0.2, 0.25) is 5.91 Å². The lowest BCUT2D eigenvalue weighted by molar-refractivity contribution is -0.124. The van der Waals surface area contributed by atoms with E-state index in [1.807, 2.05) is 0 Å². The summed E-state index contributed by atoms with van der Waals surface area (Å²) in [7, 11) is 4.46. The average molecular weight is 323 g/mol. The van der Waals surface area contributed by atoms with Crippen LogP contribution in [0.15, 0.2) is 23.3 Å². The molecule has 1 aromatic carbocycles. The molecule has 0 aliphatic carbocycles. The van der Waals surface area contributed by atoms with Crippen molar-refractivity contribution in [1.82, 2.24) is 5.43 Å². The van der Waals surface area contributed by atoms with Gasteiger partial charge in [-0.25, -0.2) is 5.43 Å². The van der Waals surface area contributed by atoms with Crippen molar-refractivity contribution >= 4 is 23.2 Å². The average Bonchev–Trinajstić information content (AvgIpc) is 2.53. The molecule has 2 N–H and O–H groups in total. The van der Waals surface area contributed by atoms with E-state index in [-0.39, 0.29) is 24.8 Å². The van der Waals surface area contributed by atoms with Crippen molar-refractivity contribution in [2.45, 2.75) is 13.3 Å². The molecule has 8 heteroatoms. The van der Waals surface area contributed by atoms with E-state index in [1.165, 1.54) is 14.2 Å². The minimum atomic E-state index is -0.385. The molecule has 0 aliphatic rings. The highest BCUT2D eigenvalue weighted by Crippen LogP contribution is 2.29. The van der Waals surface area contributed by atoms with Gasteiger partial charge in [0.1, 0.15) is 18.1 Å². The molecule has 1 rings (SSSR count). The Kier molecular flexibility index (Phi) is 7.55. The van der Waals surface area contributed by atoms with Crippen LogP contribution in [0.2, 0.25) is 0 Å². The first-order chi connectivity index (χ1) is 11.0. The maximum atomic E-state index is 12.0. The zero-order chi connectivity index (χ0) is 17.2. The Balaban J connectivity index is 2.62. The van der Waals surface area contributed by atoms with E-state index < -0.39 is 0 Å². The number of hydrogen-bond donors (Lipinski definition) is 2. The van der Waals surface area contributed by atoms with Gasteiger partial charge in [-0.2, -0.15) is 5.10 Å². The van der Waals surface area contributed by atoms with Crippen LogP contribution in [0.25, 0.3) is 0 Å². The van der Waals surface area contributed by atoms with Gasteiger partial charge in [0.25, 0.3) is 5.91 Å². The van der Waals surface area contributed by atoms with Gasteiger partial charge in [-0.1, -0.05) is 0 Å². The van der Waals surface area contributed by atoms with Crippen LogP contribution in [0.1, 0.15) is 13.3 Å². The summed E-state index contributed by atoms with van der Waals surface area (Å²) >= 11 is 0. The third-order valence-corrected chi connectivity index (χ3v) is 2.75. The van der Waals surface area contributed by atoms with Gasteiger partial charge in [-0.15, -0.1) is 0 Å². The maximum absolute atomic E-state index is 12.0. The fourth-order valence-corrected chi connectivity index (χ4v) is 1.69. The number of methoxy groups -OCH3 is 3. The van der Waals surface area contributed by atoms with Crippen molar-refractivity contribution < 1.29 is 23.8 Å². The van der Waals surface area contributed by atoms with Gasteiger partial charge in [0.15, 0.2) is 0 Å². The second kappa shape index (κ2) is 9.42. The minimum absolute atomic E-state index is 0.0302. The Morgan fingerprint density at radius 1 is 1.13 bits per heavy atom. The molecule has 0 atom stereocenters. The van der Waals surface area contributed by atoms with Crippen molar-refractivity contribution in [2.24, 2.45) is 5.10 Å². The molecule has 0 heterocycles. The van der Waals surface area contributed by atoms with Crippen LogP contribution in [0, 0.1) is 0 Å². The third-order valence-electron chi connectivity index (χ3n) is 2.75. The number of hydrazone groups is 1. The normalized spacial score (nSPS) is 10.9. The van der Waals surface area contributed by atoms with E-state index in [0.717, 1.165) is 0 Å². The molecule has 0 spiro atoms. The van der Waals surface area contributed by atoms with Gasteiger partial charge >= 0.3 is 0 Å². The number of benzene rings is 1. The number of rotatable bonds is 8. The zero-order valence-electron chi connectivity index (χ0n) is 13.6. The summed E-state index contributed by atoms with van der Waals surface area (Å²) in [5, 5.41) is 6.54. The summed E-state index contributed by atoms with van der Waals surface area (Å²) in [4.78, 5) is 23.2. The molecule has 0 aromatic heterocycles. The predicted octanol–water partition coefficient (Wildman–Crippen LogP) is 1.17. The van der Waals surface area contributed by atoms with Crippen molar-refractivity contribution in [2.75, 3.05) is 33.3 Å². The van der Waals surface area contributed by atoms with Crippen LogP contribution in [-0.4, -0.2) is 45.5 Å². The topological polar surface area (TPSA) is 98.2 Å². The Bertz CT molecular complexity index is 586. The van der Waals surface area contributed by atoms with E-state index in [2.05, 4.69) is 20.6 Å². The lowest BCUT2D eigenvalue weighted by Crippen LogP contribution is -2.24. The summed E-state index contributed by atoms with van der Waals surface area (Å²) in [6.07, 6.45) is 0.0302. The van der Waals surface area contributed by atoms with E-state index in [0.29, 0.717) is 22.9 Å². The SMILES string of the molecule is COCC(=O)NN=C(C)CC(=O)Nc1ccc(OC)cc1OC. The predicted molar refractivity (Wildman–Crippen MR) is 85.9 cm³/mol. The standard InChI is InChI=1S/C15H21N3O5/c1-10(17-18-15(20)9-21-2)7-14(19)16-12-6-5-11(22-3)8-13(12)23-4/h5-6,8H,7,9H2,1-4H3,(H,16,19)(H,18,20). The highest BCUT2D eigenvalue weighted by atomic mass is 16.5. The molecule has 126 valence electrons. The molecule has 0 bridgehead atoms. The smallest absolute Gasteiger partial charge is 0.266 e. The molecule has 0 aliphatic heterocycles. The van der Waals surface area contributed by atoms with E-state index >= 15 is 0 Å². The van der Waals surface area contributed by atoms with Crippen LogP contribution in [0.3, 0.4) is 0 Å². The Labute approximate surface area is 134 Å². The van der Waals surface area contributed by atoms with Crippen molar-refractivity contribution in [1.29, 1.82) is 0 Å². The number of amides is 2. The number of nitrogens with zero attached hydrogens (tertiary/aromatic N) is 1. The summed E-state index contributed by atoms with van der Waals surface area (Å²) in [5.41, 5.74) is 3.27. The maximum Gasteiger partial charge on any atom is 0.266 e. The lowest BCUT2D eigenvalue weighted by Gasteiger charge is -2.11. The van der Waals surface area contributed by atoms with Crippen LogP contribution in [0.4, 0.5) is 5.69 Å². The van der Waals surface area contributed by atoms with Crippen LogP contribution < -0.4 is 20.2 Å². The fourth-order valence-electron chi connectivity index (χ4n) is 1.69. The second-order valence-corrected chi connectivity index (χ2v) is 4.61. The lowest BCUT2D eigenvalue weighted by atomic mass is 10.2. The van der Waals surface area contributed by atoms with Crippen molar-refractivity contribution in [3.8, 4) is 11.5 Å². The number of anilines is 1. The molecule has 2 amide bonds. The second-order valence-electron chi connectivity index (χ2n) is 4.61. The molecule has 0 unspecified atom stereocenters. The molecular formula is C15H21N3O5. The van der Waals surface area contributed by atoms with Gasteiger partial charge in [-0.3, -0.25) is 9.59 Å². The minimum Gasteiger partial charge on any atom is -0.497 e. The van der Waals surface area contributed by atoms with E-state index in [4.69, 9.17) is 9.47 Å². The number of ether oxygens (including phenoxy) is 3. The molecule has 8 nitrogen and oxygen atoms in total. The highest BCUT2D eigenvalue weighted by Gasteiger charge is 2.10. The summed E-state index contributed by atoms with van der Waals surface area (Å²) < 4.78 is 15.0. The van der Waals surface area contributed by atoms with Crippen molar-refractivity contribution in [3.63, 3.8) is 0 Å². The monoisotopic (exact) mass is 323 g/mol. The summed E-state index contributed by atoms with van der Waals surface area (Å²) in [5.74, 6) is 0.443. The zero-order valence-corrected chi connectivity index (χ0v) is 13.6. The highest BCUT2D eigenvalue weighted by molar-refractivity contribution is 6.06. The van der Waals surface area contributed by atoms with Gasteiger partial charge in [-0.05, 0) is 19.1 Å². The first kappa shape index (κ1) is 18.4. The molecule has 0 radical (unpaired) electrons. The Morgan fingerprint density at radius 3 is 2.48 bits per heavy atom. The quantitative estimate of drug-likeness (QED) is 0.553. The third kappa shape index (κ3) is 6.35. The first-order valence-corrected chi connectivity index (χ1v) is 6.83. The molecule has 23 heavy (non-hydrogen) atoms. The molecule has 0 saturated carbocycles. The van der Waals surface area contributed by atoms with Crippen molar-refractivity contribution in [3.05, 3.63) is 18.2 Å². The van der Waals surface area contributed by atoms with Gasteiger partial charge in [0.05, 0.1) is 26.3 Å². The first-order valence-electron chi connectivity index (χ1n) is 6.83. The number of nitrogens with one attached hydrogen (secondary N) is 2. The van der Waals surface area contributed by atoms with Crippen LogP contribution in [-0.2, 0) is 14.3 Å². The van der Waals surface area contributed by atoms with Crippen LogP contribution >= 0.6 is 0 Å². The van der Waals surface area contributed by atoms with Gasteiger partial charge < -0.3 is 19.5 Å². The van der Waals surface area contributed by atoms with E-state index in [9.17, 15) is 9.59 Å². The fraction of sp³-hybridized carbons (Fsp3) is 0.400. The summed E-state index contributed by atoms with van der Waals surface area (Å²) in [6.45, 7) is 1.55. The largest absolute Gasteiger partial charge is 0.497 e. The van der Waals surface area contributed by atoms with Crippen LogP contribution in [0.5, 0.6) is 11.5 Å². The molecule has 0 fully saturated rings.